The second kappa shape index (κ2) is 10.3. The highest BCUT2D eigenvalue weighted by Crippen LogP contribution is 2.34. The normalized spacial score (nSPS) is 13.8. The summed E-state index contributed by atoms with van der Waals surface area (Å²) < 4.78 is 22.2. The molecule has 3 aromatic carbocycles. The number of carboxylic acid groups (broad SMARTS) is 1. The van der Waals surface area contributed by atoms with Crippen molar-refractivity contribution in [2.24, 2.45) is 0 Å². The first-order valence-corrected chi connectivity index (χ1v) is 10.3. The molecule has 1 aliphatic heterocycles. The molecule has 0 saturated heterocycles. The Morgan fingerprint density at radius 3 is 2.44 bits per heavy atom. The van der Waals surface area contributed by atoms with Crippen molar-refractivity contribution in [3.05, 3.63) is 90.5 Å². The van der Waals surface area contributed by atoms with Crippen molar-refractivity contribution < 1.29 is 38.7 Å². The summed E-state index contributed by atoms with van der Waals surface area (Å²) in [7, 11) is 0. The molecule has 0 radical (unpaired) electrons. The van der Waals surface area contributed by atoms with Crippen LogP contribution in [0.5, 0.6) is 23.0 Å². The first kappa shape index (κ1) is 22.5. The van der Waals surface area contributed by atoms with Crippen LogP contribution in [0.3, 0.4) is 0 Å². The van der Waals surface area contributed by atoms with Crippen LogP contribution in [0.1, 0.15) is 11.7 Å². The van der Waals surface area contributed by atoms with E-state index in [-0.39, 0.29) is 12.5 Å². The molecule has 174 valence electrons. The lowest BCUT2D eigenvalue weighted by molar-refractivity contribution is -0.131. The van der Waals surface area contributed by atoms with E-state index < -0.39 is 24.3 Å². The molecule has 3 aromatic rings. The number of hydrogen-bond donors (Lipinski definition) is 3. The van der Waals surface area contributed by atoms with Crippen LogP contribution in [-0.2, 0) is 9.53 Å². The van der Waals surface area contributed by atoms with Gasteiger partial charge in [0.2, 0.25) is 6.79 Å². The minimum absolute atomic E-state index is 0.0221. The van der Waals surface area contributed by atoms with Crippen LogP contribution in [0, 0.1) is 0 Å². The third-order valence-electron chi connectivity index (χ3n) is 4.82. The molecule has 0 saturated carbocycles. The maximum atomic E-state index is 12.8. The second-order valence-corrected chi connectivity index (χ2v) is 7.20. The lowest BCUT2D eigenvalue weighted by Gasteiger charge is -2.26. The summed E-state index contributed by atoms with van der Waals surface area (Å²) >= 11 is 0. The number of carbonyl (C=O) groups excluding carboxylic acids is 1. The first-order valence-electron chi connectivity index (χ1n) is 10.3. The van der Waals surface area contributed by atoms with Gasteiger partial charge in [0.15, 0.2) is 23.7 Å². The van der Waals surface area contributed by atoms with E-state index in [1.54, 1.807) is 54.6 Å². The molecular formula is C25H21NO8. The quantitative estimate of drug-likeness (QED) is 0.417. The minimum atomic E-state index is -1.18. The maximum absolute atomic E-state index is 12.8. The summed E-state index contributed by atoms with van der Waals surface area (Å²) in [6.07, 6.45) is -0.640. The van der Waals surface area contributed by atoms with Gasteiger partial charge in [-0.15, -0.1) is 0 Å². The van der Waals surface area contributed by atoms with Gasteiger partial charge >= 0.3 is 12.1 Å². The third kappa shape index (κ3) is 5.77. The van der Waals surface area contributed by atoms with Crippen LogP contribution in [0.2, 0.25) is 0 Å². The monoisotopic (exact) mass is 463 g/mol. The van der Waals surface area contributed by atoms with Gasteiger partial charge in [-0.2, -0.15) is 0 Å². The van der Waals surface area contributed by atoms with Crippen LogP contribution in [-0.4, -0.2) is 35.2 Å². The van der Waals surface area contributed by atoms with Crippen molar-refractivity contribution in [3.63, 3.8) is 0 Å². The zero-order valence-corrected chi connectivity index (χ0v) is 17.8. The number of aromatic hydroxyl groups is 1. The summed E-state index contributed by atoms with van der Waals surface area (Å²) in [4.78, 5) is 24.0. The van der Waals surface area contributed by atoms with E-state index in [0.29, 0.717) is 28.5 Å². The highest BCUT2D eigenvalue weighted by atomic mass is 16.7. The van der Waals surface area contributed by atoms with Crippen molar-refractivity contribution in [3.8, 4) is 23.0 Å². The number of ether oxygens (including phenoxy) is 4. The summed E-state index contributed by atoms with van der Waals surface area (Å²) in [5.41, 5.74) is 0.898. The predicted molar refractivity (Wildman–Crippen MR) is 121 cm³/mol. The van der Waals surface area contributed by atoms with Gasteiger partial charge in [0.1, 0.15) is 11.5 Å². The molecule has 0 unspecified atom stereocenters. The van der Waals surface area contributed by atoms with E-state index >= 15 is 0 Å². The fourth-order valence-electron chi connectivity index (χ4n) is 3.26. The number of phenolic OH excluding ortho intramolecular Hbond substituents is 1. The molecule has 0 bridgehead atoms. The molecule has 0 spiro atoms. The van der Waals surface area contributed by atoms with Crippen molar-refractivity contribution in [1.82, 2.24) is 0 Å². The Morgan fingerprint density at radius 1 is 0.971 bits per heavy atom. The molecule has 9 nitrogen and oxygen atoms in total. The molecule has 4 rings (SSSR count). The Labute approximate surface area is 194 Å². The SMILES string of the molecule is O=C(O)/C=C/[C@@H](Oc1ccccc1)[C@H](OC(=O)Nc1ccc2c(c1)OCO2)c1ccc(O)cc1. The average molecular weight is 463 g/mol. The molecular weight excluding hydrogens is 442 g/mol. The number of amides is 1. The number of para-hydroxylation sites is 1. The average Bonchev–Trinajstić information content (AvgIpc) is 3.29. The highest BCUT2D eigenvalue weighted by Gasteiger charge is 2.28. The third-order valence-corrected chi connectivity index (χ3v) is 4.82. The molecule has 0 aliphatic carbocycles. The summed E-state index contributed by atoms with van der Waals surface area (Å²) in [5.74, 6) is 0.342. The number of benzene rings is 3. The zero-order valence-electron chi connectivity index (χ0n) is 17.8. The minimum Gasteiger partial charge on any atom is -0.508 e. The number of nitrogens with one attached hydrogen (secondary N) is 1. The number of carboxylic acids is 1. The number of carbonyl (C=O) groups is 2. The number of phenols is 1. The van der Waals surface area contributed by atoms with Gasteiger partial charge in [0, 0.05) is 17.8 Å². The van der Waals surface area contributed by atoms with Crippen molar-refractivity contribution in [2.45, 2.75) is 12.2 Å². The summed E-state index contributed by atoms with van der Waals surface area (Å²) in [6, 6.07) is 19.6. The molecule has 3 N–H and O–H groups in total. The lowest BCUT2D eigenvalue weighted by atomic mass is 10.0. The zero-order chi connectivity index (χ0) is 23.9. The van der Waals surface area contributed by atoms with Gasteiger partial charge in [0.25, 0.3) is 0 Å². The summed E-state index contributed by atoms with van der Waals surface area (Å²) in [5, 5.41) is 21.5. The predicted octanol–water partition coefficient (Wildman–Crippen LogP) is 4.50. The molecule has 1 aliphatic rings. The smallest absolute Gasteiger partial charge is 0.412 e. The first-order chi connectivity index (χ1) is 16.5. The molecule has 1 amide bonds. The number of aliphatic carboxylic acids is 1. The highest BCUT2D eigenvalue weighted by molar-refractivity contribution is 5.85. The Hall–Kier alpha value is -4.66. The topological polar surface area (TPSA) is 124 Å². The van der Waals surface area contributed by atoms with Crippen LogP contribution in [0.4, 0.5) is 10.5 Å². The van der Waals surface area contributed by atoms with Crippen LogP contribution < -0.4 is 19.5 Å². The van der Waals surface area contributed by atoms with E-state index in [1.807, 2.05) is 6.07 Å². The van der Waals surface area contributed by atoms with E-state index in [9.17, 15) is 14.7 Å². The molecule has 34 heavy (non-hydrogen) atoms. The molecule has 2 atom stereocenters. The van der Waals surface area contributed by atoms with Crippen LogP contribution in [0.15, 0.2) is 84.9 Å². The van der Waals surface area contributed by atoms with Gasteiger partial charge in [-0.25, -0.2) is 9.59 Å². The largest absolute Gasteiger partial charge is 0.508 e. The Kier molecular flexibility index (Phi) is 6.83. The maximum Gasteiger partial charge on any atom is 0.412 e. The molecule has 1 heterocycles. The lowest BCUT2D eigenvalue weighted by Crippen LogP contribution is -2.29. The van der Waals surface area contributed by atoms with E-state index in [2.05, 4.69) is 5.32 Å². The standard InChI is InChI=1S/C25H21NO8/c27-18-9-6-16(7-10-18)24(21(12-13-23(28)29)33-19-4-2-1-3-5-19)34-25(30)26-17-8-11-20-22(14-17)32-15-31-20/h1-14,21,24,27H,15H2,(H,26,30)(H,28,29)/b13-12+/t21-,24-/m1/s1. The molecule has 0 fully saturated rings. The Bertz CT molecular complexity index is 1180. The van der Waals surface area contributed by atoms with Crippen LogP contribution >= 0.6 is 0 Å². The number of hydrogen-bond acceptors (Lipinski definition) is 7. The van der Waals surface area contributed by atoms with Crippen molar-refractivity contribution in [1.29, 1.82) is 0 Å². The van der Waals surface area contributed by atoms with Gasteiger partial charge in [-0.1, -0.05) is 30.3 Å². The summed E-state index contributed by atoms with van der Waals surface area (Å²) in [6.45, 7) is 0.0978. The Morgan fingerprint density at radius 2 is 1.71 bits per heavy atom. The van der Waals surface area contributed by atoms with Gasteiger partial charge in [-0.3, -0.25) is 5.32 Å². The van der Waals surface area contributed by atoms with Crippen molar-refractivity contribution in [2.75, 3.05) is 12.1 Å². The Balaban J connectivity index is 1.60. The van der Waals surface area contributed by atoms with Gasteiger partial charge in [-0.05, 0) is 48.0 Å². The van der Waals surface area contributed by atoms with E-state index in [0.717, 1.165) is 6.08 Å². The number of anilines is 1. The molecule has 0 aromatic heterocycles. The van der Waals surface area contributed by atoms with E-state index in [4.69, 9.17) is 24.1 Å². The van der Waals surface area contributed by atoms with Crippen LogP contribution in [0.25, 0.3) is 0 Å². The number of fused-ring (bicyclic) bond motifs is 1. The second-order valence-electron chi connectivity index (χ2n) is 7.20. The van der Waals surface area contributed by atoms with Crippen molar-refractivity contribution >= 4 is 17.7 Å². The van der Waals surface area contributed by atoms with E-state index in [1.165, 1.54) is 18.2 Å². The fourth-order valence-corrected chi connectivity index (χ4v) is 3.26. The number of rotatable bonds is 8. The fraction of sp³-hybridized carbons (Fsp3) is 0.120. The molecule has 9 heteroatoms. The van der Waals surface area contributed by atoms with Gasteiger partial charge < -0.3 is 29.2 Å². The van der Waals surface area contributed by atoms with Gasteiger partial charge in [0.05, 0.1) is 0 Å².